The predicted octanol–water partition coefficient (Wildman–Crippen LogP) is 6.62. The Labute approximate surface area is 208 Å². The van der Waals surface area contributed by atoms with Crippen LogP contribution in [0.5, 0.6) is 0 Å². The molecule has 7 heteroatoms. The molecule has 1 aliphatic heterocycles. The Morgan fingerprint density at radius 2 is 1.26 bits per heavy atom. The summed E-state index contributed by atoms with van der Waals surface area (Å²) in [5.74, 6) is 0. The quantitative estimate of drug-likeness (QED) is 0.148. The van der Waals surface area contributed by atoms with Crippen LogP contribution >= 0.6 is 24.0 Å². The molecule has 0 aromatic rings. The monoisotopic (exact) mass is 553 g/mol. The molecule has 3 amide bonds. The van der Waals surface area contributed by atoms with Gasteiger partial charge in [0.25, 0.3) is 0 Å². The highest BCUT2D eigenvalue weighted by molar-refractivity contribution is 14.0. The number of hydrogen-bond donors (Lipinski definition) is 2. The van der Waals surface area contributed by atoms with Crippen LogP contribution in [0.25, 0.3) is 0 Å². The zero-order valence-corrected chi connectivity index (χ0v) is 22.3. The van der Waals surface area contributed by atoms with Crippen molar-refractivity contribution in [3.05, 3.63) is 0 Å². The van der Waals surface area contributed by atoms with E-state index in [9.17, 15) is 9.59 Å². The summed E-state index contributed by atoms with van der Waals surface area (Å²) in [6.45, 7) is 6.24. The number of carbonyl (C=O) groups excluding carboxylic acids is 2. The molecule has 1 saturated heterocycles. The number of amides is 3. The first-order valence-corrected chi connectivity index (χ1v) is 12.7. The molecule has 6 nitrogen and oxygen atoms in total. The summed E-state index contributed by atoms with van der Waals surface area (Å²) in [5, 5.41) is 4.93. The summed E-state index contributed by atoms with van der Waals surface area (Å²) >= 11 is 0. The summed E-state index contributed by atoms with van der Waals surface area (Å²) in [5.41, 5.74) is 0. The normalized spacial score (nSPS) is 13.6. The fourth-order valence-electron chi connectivity index (χ4n) is 3.97. The number of nitrogens with zero attached hydrogens (tertiary/aromatic N) is 1. The number of nitrogens with one attached hydrogen (secondary N) is 2. The van der Waals surface area contributed by atoms with E-state index in [1.807, 2.05) is 0 Å². The number of alkyl carbamates (subject to hydrolysis) is 1. The van der Waals surface area contributed by atoms with E-state index >= 15 is 0 Å². The standard InChI is InChI=1S/C24H47N3O3.HI/c1-2-3-4-5-6-7-8-9-10-11-12-13-14-17-22-30-24(29)26-23(28)25-18-21-27-19-15-16-20-27;/h2-22H2,1H3,(H2,25,26,28,29);1H. The molecular weight excluding hydrogens is 505 g/mol. The molecule has 1 fully saturated rings. The lowest BCUT2D eigenvalue weighted by Gasteiger charge is -2.14. The Kier molecular flexibility index (Phi) is 22.2. The maximum atomic E-state index is 11.6. The fraction of sp³-hybridized carbons (Fsp3) is 0.917. The number of imide groups is 1. The van der Waals surface area contributed by atoms with Crippen LogP contribution in [0.1, 0.15) is 110 Å². The lowest BCUT2D eigenvalue weighted by atomic mass is 10.0. The molecule has 0 unspecified atom stereocenters. The van der Waals surface area contributed by atoms with Crippen molar-refractivity contribution in [1.29, 1.82) is 0 Å². The molecule has 0 radical (unpaired) electrons. The van der Waals surface area contributed by atoms with Crippen LogP contribution in [0.4, 0.5) is 9.59 Å². The van der Waals surface area contributed by atoms with E-state index in [0.717, 1.165) is 32.5 Å². The molecule has 0 bridgehead atoms. The molecule has 0 saturated carbocycles. The fourth-order valence-corrected chi connectivity index (χ4v) is 3.97. The SMILES string of the molecule is CCCCCCCCCCCCCCCCOC(=O)NC(=O)NCCN1CCCC1.I. The van der Waals surface area contributed by atoms with Crippen molar-refractivity contribution in [2.24, 2.45) is 0 Å². The van der Waals surface area contributed by atoms with E-state index in [1.54, 1.807) is 0 Å². The van der Waals surface area contributed by atoms with Gasteiger partial charge in [-0.1, -0.05) is 90.4 Å². The predicted molar refractivity (Wildman–Crippen MR) is 139 cm³/mol. The molecule has 2 N–H and O–H groups in total. The average Bonchev–Trinajstić information content (AvgIpc) is 3.24. The minimum Gasteiger partial charge on any atom is -0.449 e. The van der Waals surface area contributed by atoms with Gasteiger partial charge in [-0.3, -0.25) is 0 Å². The Hall–Kier alpha value is -0.570. The van der Waals surface area contributed by atoms with Crippen molar-refractivity contribution in [3.63, 3.8) is 0 Å². The summed E-state index contributed by atoms with van der Waals surface area (Å²) in [6.07, 6.45) is 20.0. The van der Waals surface area contributed by atoms with Gasteiger partial charge in [0.2, 0.25) is 0 Å². The van der Waals surface area contributed by atoms with Crippen LogP contribution < -0.4 is 10.6 Å². The first kappa shape index (κ1) is 30.4. The molecule has 0 aliphatic carbocycles. The Balaban J connectivity index is 0.00000900. The molecule has 0 atom stereocenters. The number of hydrogen-bond acceptors (Lipinski definition) is 4. The van der Waals surface area contributed by atoms with Crippen molar-refractivity contribution in [1.82, 2.24) is 15.5 Å². The van der Waals surface area contributed by atoms with Gasteiger partial charge < -0.3 is 15.0 Å². The van der Waals surface area contributed by atoms with E-state index in [1.165, 1.54) is 89.9 Å². The maximum Gasteiger partial charge on any atom is 0.415 e. The van der Waals surface area contributed by atoms with Gasteiger partial charge >= 0.3 is 12.1 Å². The molecule has 1 aliphatic rings. The second-order valence-electron chi connectivity index (χ2n) is 8.66. The molecule has 1 rings (SSSR count). The van der Waals surface area contributed by atoms with Gasteiger partial charge in [-0.2, -0.15) is 0 Å². The maximum absolute atomic E-state index is 11.6. The van der Waals surface area contributed by atoms with Crippen molar-refractivity contribution >= 4 is 36.1 Å². The molecular formula is C24H48IN3O3. The number of rotatable bonds is 18. The van der Waals surface area contributed by atoms with Gasteiger partial charge in [-0.15, -0.1) is 24.0 Å². The molecule has 0 aromatic carbocycles. The molecule has 31 heavy (non-hydrogen) atoms. The van der Waals surface area contributed by atoms with Gasteiger partial charge in [0.05, 0.1) is 6.61 Å². The molecule has 0 spiro atoms. The van der Waals surface area contributed by atoms with Gasteiger partial charge in [0.1, 0.15) is 0 Å². The van der Waals surface area contributed by atoms with Crippen LogP contribution in [0, 0.1) is 0 Å². The zero-order valence-electron chi connectivity index (χ0n) is 19.9. The van der Waals surface area contributed by atoms with Crippen LogP contribution in [0.2, 0.25) is 0 Å². The minimum absolute atomic E-state index is 0. The number of ether oxygens (including phenoxy) is 1. The van der Waals surface area contributed by atoms with Gasteiger partial charge in [-0.05, 0) is 32.4 Å². The van der Waals surface area contributed by atoms with Gasteiger partial charge in [-0.25, -0.2) is 14.9 Å². The first-order valence-electron chi connectivity index (χ1n) is 12.7. The number of likely N-dealkylation sites (tertiary alicyclic amines) is 1. The second kappa shape index (κ2) is 22.6. The highest BCUT2D eigenvalue weighted by Gasteiger charge is 2.12. The van der Waals surface area contributed by atoms with Crippen molar-refractivity contribution < 1.29 is 14.3 Å². The van der Waals surface area contributed by atoms with Crippen LogP contribution in [-0.4, -0.2) is 49.8 Å². The number of urea groups is 1. The first-order chi connectivity index (χ1) is 14.7. The summed E-state index contributed by atoms with van der Waals surface area (Å²) in [7, 11) is 0. The van der Waals surface area contributed by atoms with Crippen molar-refractivity contribution in [2.45, 2.75) is 110 Å². The van der Waals surface area contributed by atoms with Crippen LogP contribution in [-0.2, 0) is 4.74 Å². The third-order valence-corrected chi connectivity index (χ3v) is 5.86. The molecule has 184 valence electrons. The summed E-state index contributed by atoms with van der Waals surface area (Å²) < 4.78 is 5.08. The summed E-state index contributed by atoms with van der Waals surface area (Å²) in [6, 6.07) is -0.472. The largest absolute Gasteiger partial charge is 0.449 e. The van der Waals surface area contributed by atoms with E-state index in [4.69, 9.17) is 4.74 Å². The van der Waals surface area contributed by atoms with E-state index in [0.29, 0.717) is 13.2 Å². The topological polar surface area (TPSA) is 70.7 Å². The third kappa shape index (κ3) is 19.8. The highest BCUT2D eigenvalue weighted by atomic mass is 127. The number of halogens is 1. The van der Waals surface area contributed by atoms with Crippen molar-refractivity contribution in [2.75, 3.05) is 32.8 Å². The number of carbonyl (C=O) groups is 2. The Bertz CT molecular complexity index is 432. The molecule has 1 heterocycles. The van der Waals surface area contributed by atoms with E-state index < -0.39 is 12.1 Å². The highest BCUT2D eigenvalue weighted by Crippen LogP contribution is 2.13. The third-order valence-electron chi connectivity index (χ3n) is 5.86. The van der Waals surface area contributed by atoms with E-state index in [-0.39, 0.29) is 24.0 Å². The smallest absolute Gasteiger partial charge is 0.415 e. The average molecular weight is 554 g/mol. The lowest BCUT2D eigenvalue weighted by molar-refractivity contribution is 0.144. The number of unbranched alkanes of at least 4 members (excludes halogenated alkanes) is 13. The van der Waals surface area contributed by atoms with Crippen molar-refractivity contribution in [3.8, 4) is 0 Å². The van der Waals surface area contributed by atoms with Gasteiger partial charge in [0.15, 0.2) is 0 Å². The summed E-state index contributed by atoms with van der Waals surface area (Å²) in [4.78, 5) is 25.6. The van der Waals surface area contributed by atoms with Gasteiger partial charge in [0, 0.05) is 13.1 Å². The second-order valence-corrected chi connectivity index (χ2v) is 8.66. The van der Waals surface area contributed by atoms with Crippen LogP contribution in [0.3, 0.4) is 0 Å². The van der Waals surface area contributed by atoms with Crippen LogP contribution in [0.15, 0.2) is 0 Å². The Morgan fingerprint density at radius 3 is 1.77 bits per heavy atom. The zero-order chi connectivity index (χ0) is 21.7. The molecule has 0 aromatic heterocycles. The lowest BCUT2D eigenvalue weighted by Crippen LogP contribution is -2.42. The minimum atomic E-state index is -0.650. The van der Waals surface area contributed by atoms with E-state index in [2.05, 4.69) is 22.5 Å². The Morgan fingerprint density at radius 1 is 0.774 bits per heavy atom.